The first kappa shape index (κ1) is 19.7. The second kappa shape index (κ2) is 7.44. The molecular weight excluding hydrogens is 482 g/mol. The Morgan fingerprint density at radius 2 is 1.90 bits per heavy atom. The maximum atomic E-state index is 13.5. The van der Waals surface area contributed by atoms with E-state index in [4.69, 9.17) is 4.42 Å². The number of rotatable bonds is 4. The number of carbonyl (C=O) groups excluding carboxylic acids is 2. The van der Waals surface area contributed by atoms with Crippen LogP contribution in [0.2, 0.25) is 0 Å². The van der Waals surface area contributed by atoms with E-state index in [2.05, 4.69) is 26.1 Å². The van der Waals surface area contributed by atoms with Crippen LogP contribution in [0.4, 0.5) is 5.13 Å². The highest BCUT2D eigenvalue weighted by molar-refractivity contribution is 9.10. The topological polar surface area (TPSA) is 96.5 Å². The van der Waals surface area contributed by atoms with E-state index in [9.17, 15) is 14.7 Å². The number of Topliss-reactive ketones (excluding diaryl/α,β-unsaturated/α-hetero) is 1. The Kier molecular flexibility index (Phi) is 4.71. The molecule has 0 radical (unpaired) electrons. The number of fused-ring (bicyclic) bond motifs is 1. The number of hydrogen-bond donors (Lipinski definition) is 1. The molecule has 1 unspecified atom stereocenters. The number of furan rings is 1. The Bertz CT molecular complexity index is 1340. The summed E-state index contributed by atoms with van der Waals surface area (Å²) in [5, 5.41) is 20.5. The molecule has 0 fully saturated rings. The Hall–Kier alpha value is -3.30. The van der Waals surface area contributed by atoms with Crippen molar-refractivity contribution in [1.82, 2.24) is 10.2 Å². The Labute approximate surface area is 188 Å². The predicted molar refractivity (Wildman–Crippen MR) is 119 cm³/mol. The van der Waals surface area contributed by atoms with Crippen molar-refractivity contribution >= 4 is 55.1 Å². The molecule has 2 aromatic heterocycles. The third-order valence-corrected chi connectivity index (χ3v) is 6.38. The van der Waals surface area contributed by atoms with Gasteiger partial charge < -0.3 is 9.52 Å². The summed E-state index contributed by atoms with van der Waals surface area (Å²) >= 11 is 4.60. The molecule has 1 aliphatic rings. The van der Waals surface area contributed by atoms with Gasteiger partial charge in [0.25, 0.3) is 5.91 Å². The van der Waals surface area contributed by atoms with Gasteiger partial charge in [-0.3, -0.25) is 14.5 Å². The molecule has 31 heavy (non-hydrogen) atoms. The summed E-state index contributed by atoms with van der Waals surface area (Å²) in [6.07, 6.45) is 0. The van der Waals surface area contributed by atoms with Gasteiger partial charge in [-0.05, 0) is 36.8 Å². The number of hydrogen-bond acceptors (Lipinski definition) is 7. The summed E-state index contributed by atoms with van der Waals surface area (Å²) in [5.41, 5.74) is 1.14. The van der Waals surface area contributed by atoms with Gasteiger partial charge >= 0.3 is 0 Å². The molecule has 7 nitrogen and oxygen atoms in total. The van der Waals surface area contributed by atoms with Crippen molar-refractivity contribution in [3.8, 4) is 0 Å². The van der Waals surface area contributed by atoms with Crippen LogP contribution in [0.25, 0.3) is 11.0 Å². The van der Waals surface area contributed by atoms with Gasteiger partial charge in [-0.1, -0.05) is 57.6 Å². The first-order valence-corrected chi connectivity index (χ1v) is 10.9. The number of para-hydroxylation sites is 1. The lowest BCUT2D eigenvalue weighted by Crippen LogP contribution is -2.31. The van der Waals surface area contributed by atoms with Crippen LogP contribution in [0.1, 0.15) is 27.2 Å². The minimum Gasteiger partial charge on any atom is -0.503 e. The van der Waals surface area contributed by atoms with Crippen LogP contribution >= 0.6 is 27.3 Å². The third-order valence-electron chi connectivity index (χ3n) is 5.01. The maximum Gasteiger partial charge on any atom is 0.296 e. The number of aliphatic hydroxyl groups excluding tert-OH is 1. The monoisotopic (exact) mass is 495 g/mol. The third kappa shape index (κ3) is 3.26. The minimum atomic E-state index is -0.867. The van der Waals surface area contributed by atoms with Crippen LogP contribution in [0.5, 0.6) is 0 Å². The molecule has 0 saturated carbocycles. The van der Waals surface area contributed by atoms with E-state index in [0.717, 1.165) is 9.86 Å². The molecule has 2 aromatic carbocycles. The van der Waals surface area contributed by atoms with Crippen LogP contribution in [-0.4, -0.2) is 27.0 Å². The molecule has 0 saturated heterocycles. The van der Waals surface area contributed by atoms with Crippen LogP contribution in [0, 0.1) is 6.92 Å². The van der Waals surface area contributed by atoms with E-state index in [1.807, 2.05) is 24.3 Å². The highest BCUT2D eigenvalue weighted by atomic mass is 79.9. The van der Waals surface area contributed by atoms with E-state index in [-0.39, 0.29) is 11.3 Å². The molecule has 154 valence electrons. The fraction of sp³-hybridized carbons (Fsp3) is 0.0909. The van der Waals surface area contributed by atoms with Gasteiger partial charge in [0, 0.05) is 9.86 Å². The molecule has 9 heteroatoms. The van der Waals surface area contributed by atoms with Crippen molar-refractivity contribution in [2.75, 3.05) is 4.90 Å². The van der Waals surface area contributed by atoms with Gasteiger partial charge in [0.1, 0.15) is 10.6 Å². The zero-order valence-electron chi connectivity index (χ0n) is 16.1. The van der Waals surface area contributed by atoms with Gasteiger partial charge in [0.2, 0.25) is 10.9 Å². The number of amides is 1. The average molecular weight is 496 g/mol. The SMILES string of the molecule is Cc1nnc(N2C(=O)C(O)=C(C(=O)c3cc4ccccc4o3)C2c2ccc(Br)cc2)s1. The summed E-state index contributed by atoms with van der Waals surface area (Å²) in [5.74, 6) is -1.83. The zero-order valence-corrected chi connectivity index (χ0v) is 18.5. The molecule has 0 bridgehead atoms. The molecule has 1 atom stereocenters. The molecule has 0 spiro atoms. The van der Waals surface area contributed by atoms with E-state index in [1.165, 1.54) is 16.2 Å². The average Bonchev–Trinajstić information content (AvgIpc) is 3.45. The summed E-state index contributed by atoms with van der Waals surface area (Å²) in [6.45, 7) is 1.77. The highest BCUT2D eigenvalue weighted by Gasteiger charge is 2.46. The Morgan fingerprint density at radius 3 is 2.58 bits per heavy atom. The largest absolute Gasteiger partial charge is 0.503 e. The van der Waals surface area contributed by atoms with Crippen molar-refractivity contribution in [3.63, 3.8) is 0 Å². The number of nitrogens with zero attached hydrogens (tertiary/aromatic N) is 3. The van der Waals surface area contributed by atoms with Crippen LogP contribution in [-0.2, 0) is 4.79 Å². The van der Waals surface area contributed by atoms with Gasteiger partial charge in [-0.15, -0.1) is 10.2 Å². The van der Waals surface area contributed by atoms with Gasteiger partial charge in [-0.25, -0.2) is 0 Å². The lowest BCUT2D eigenvalue weighted by molar-refractivity contribution is -0.117. The maximum absolute atomic E-state index is 13.5. The molecule has 1 N–H and O–H groups in total. The minimum absolute atomic E-state index is 0.0490. The molecule has 3 heterocycles. The molecule has 1 amide bonds. The molecule has 1 aliphatic heterocycles. The van der Waals surface area contributed by atoms with Crippen molar-refractivity contribution in [2.45, 2.75) is 13.0 Å². The lowest BCUT2D eigenvalue weighted by atomic mass is 9.95. The van der Waals surface area contributed by atoms with E-state index < -0.39 is 23.5 Å². The number of anilines is 1. The standard InChI is InChI=1S/C22H14BrN3O4S/c1-11-24-25-22(31-11)26-18(12-6-8-14(23)9-7-12)17(20(28)21(26)29)19(27)16-10-13-4-2-3-5-15(13)30-16/h2-10,18,28H,1H3. The summed E-state index contributed by atoms with van der Waals surface area (Å²) in [7, 11) is 0. The molecule has 0 aliphatic carbocycles. The van der Waals surface area contributed by atoms with Crippen molar-refractivity contribution in [1.29, 1.82) is 0 Å². The molecular formula is C22H14BrN3O4S. The van der Waals surface area contributed by atoms with Crippen molar-refractivity contribution in [3.05, 3.63) is 86.7 Å². The van der Waals surface area contributed by atoms with Crippen molar-refractivity contribution in [2.24, 2.45) is 0 Å². The number of halogens is 1. The Morgan fingerprint density at radius 1 is 1.16 bits per heavy atom. The normalized spacial score (nSPS) is 16.5. The van der Waals surface area contributed by atoms with Gasteiger partial charge in [0.05, 0.1) is 11.6 Å². The van der Waals surface area contributed by atoms with Crippen LogP contribution in [0.15, 0.2) is 74.8 Å². The summed E-state index contributed by atoms with van der Waals surface area (Å²) in [4.78, 5) is 27.8. The first-order valence-electron chi connectivity index (χ1n) is 9.29. The highest BCUT2D eigenvalue weighted by Crippen LogP contribution is 2.43. The quantitative estimate of drug-likeness (QED) is 0.393. The van der Waals surface area contributed by atoms with Crippen LogP contribution < -0.4 is 4.90 Å². The number of ketones is 1. The number of benzene rings is 2. The number of carbonyl (C=O) groups is 2. The Balaban J connectivity index is 1.66. The fourth-order valence-electron chi connectivity index (χ4n) is 3.60. The first-order chi connectivity index (χ1) is 14.9. The van der Waals surface area contributed by atoms with E-state index in [0.29, 0.717) is 21.3 Å². The second-order valence-electron chi connectivity index (χ2n) is 6.97. The van der Waals surface area contributed by atoms with Gasteiger partial charge in [-0.2, -0.15) is 0 Å². The number of aromatic nitrogens is 2. The molecule has 5 rings (SSSR count). The van der Waals surface area contributed by atoms with E-state index in [1.54, 1.807) is 37.3 Å². The number of aliphatic hydroxyl groups is 1. The molecule has 4 aromatic rings. The predicted octanol–water partition coefficient (Wildman–Crippen LogP) is 5.14. The zero-order chi connectivity index (χ0) is 21.7. The van der Waals surface area contributed by atoms with Gasteiger partial charge in [0.15, 0.2) is 11.5 Å². The fourth-order valence-corrected chi connectivity index (χ4v) is 4.58. The van der Waals surface area contributed by atoms with E-state index >= 15 is 0 Å². The lowest BCUT2D eigenvalue weighted by Gasteiger charge is -2.23. The summed E-state index contributed by atoms with van der Waals surface area (Å²) < 4.78 is 6.56. The van der Waals surface area contributed by atoms with Crippen LogP contribution in [0.3, 0.4) is 0 Å². The van der Waals surface area contributed by atoms with Crippen molar-refractivity contribution < 1.29 is 19.1 Å². The smallest absolute Gasteiger partial charge is 0.296 e. The second-order valence-corrected chi connectivity index (χ2v) is 9.05. The number of aryl methyl sites for hydroxylation is 1. The summed E-state index contributed by atoms with van der Waals surface area (Å²) in [6, 6.07) is 15.2.